The van der Waals surface area contributed by atoms with Crippen molar-refractivity contribution in [1.82, 2.24) is 9.97 Å². The summed E-state index contributed by atoms with van der Waals surface area (Å²) in [5.41, 5.74) is 16.1. The van der Waals surface area contributed by atoms with Crippen LogP contribution in [0.5, 0.6) is 0 Å². The van der Waals surface area contributed by atoms with Crippen LogP contribution in [0.1, 0.15) is 22.3 Å². The molecular weight excluding hydrogens is 649 g/mol. The summed E-state index contributed by atoms with van der Waals surface area (Å²) in [6, 6.07) is 65.7. The van der Waals surface area contributed by atoms with Crippen LogP contribution in [0.4, 0.5) is 0 Å². The lowest BCUT2D eigenvalue weighted by molar-refractivity contribution is 0.803. The van der Waals surface area contributed by atoms with Gasteiger partial charge in [-0.15, -0.1) is 11.3 Å². The first kappa shape index (κ1) is 29.3. The minimum atomic E-state index is -0.447. The molecule has 242 valence electrons. The smallest absolute Gasteiger partial charge is 0.160 e. The quantitative estimate of drug-likeness (QED) is 0.185. The molecular formula is C49H30N2S. The molecule has 11 rings (SSSR count). The van der Waals surface area contributed by atoms with E-state index in [2.05, 4.69) is 182 Å². The third-order valence-corrected chi connectivity index (χ3v) is 12.1. The Kier molecular flexibility index (Phi) is 6.37. The molecule has 2 aliphatic rings. The van der Waals surface area contributed by atoms with Crippen LogP contribution in [0.15, 0.2) is 182 Å². The lowest BCUT2D eigenvalue weighted by Gasteiger charge is -2.30. The number of thiophene rings is 1. The molecule has 0 saturated heterocycles. The number of rotatable bonds is 4. The largest absolute Gasteiger partial charge is 0.228 e. The molecule has 2 aromatic heterocycles. The molecule has 2 nitrogen and oxygen atoms in total. The van der Waals surface area contributed by atoms with Gasteiger partial charge in [-0.3, -0.25) is 0 Å². The van der Waals surface area contributed by atoms with Crippen LogP contribution in [-0.4, -0.2) is 9.97 Å². The van der Waals surface area contributed by atoms with Crippen LogP contribution >= 0.6 is 11.3 Å². The average Bonchev–Trinajstić information content (AvgIpc) is 3.85. The van der Waals surface area contributed by atoms with Crippen molar-refractivity contribution >= 4 is 21.4 Å². The van der Waals surface area contributed by atoms with Gasteiger partial charge in [0.25, 0.3) is 0 Å². The average molecular weight is 679 g/mol. The molecule has 3 heteroatoms. The summed E-state index contributed by atoms with van der Waals surface area (Å²) >= 11 is 1.91. The molecule has 7 aromatic carbocycles. The van der Waals surface area contributed by atoms with Crippen LogP contribution in [0.2, 0.25) is 0 Å². The molecule has 0 radical (unpaired) electrons. The summed E-state index contributed by atoms with van der Waals surface area (Å²) in [4.78, 5) is 12.0. The van der Waals surface area contributed by atoms with Gasteiger partial charge in [-0.1, -0.05) is 158 Å². The predicted molar refractivity (Wildman–Crippen MR) is 215 cm³/mol. The highest BCUT2D eigenvalue weighted by molar-refractivity contribution is 7.22. The maximum atomic E-state index is 5.34. The number of benzene rings is 7. The van der Waals surface area contributed by atoms with Gasteiger partial charge < -0.3 is 0 Å². The molecule has 9 aromatic rings. The summed E-state index contributed by atoms with van der Waals surface area (Å²) < 4.78 is 1.32. The van der Waals surface area contributed by atoms with Gasteiger partial charge in [0, 0.05) is 26.3 Å². The maximum absolute atomic E-state index is 5.34. The minimum absolute atomic E-state index is 0.447. The van der Waals surface area contributed by atoms with Gasteiger partial charge in [-0.25, -0.2) is 9.97 Å². The van der Waals surface area contributed by atoms with E-state index in [1.165, 1.54) is 59.5 Å². The second-order valence-corrected chi connectivity index (χ2v) is 14.7. The van der Waals surface area contributed by atoms with E-state index >= 15 is 0 Å². The highest BCUT2D eigenvalue weighted by atomic mass is 32.1. The number of hydrogen-bond donors (Lipinski definition) is 0. The fourth-order valence-corrected chi connectivity index (χ4v) is 10.00. The molecule has 1 spiro atoms. The van der Waals surface area contributed by atoms with Crippen LogP contribution in [0.25, 0.3) is 76.7 Å². The molecule has 0 N–H and O–H groups in total. The standard InChI is InChI=1S/C49H30N2S/c1-3-14-31(15-4-1)33-18-13-19-34(28-33)44-30-43(32-16-5-2-6-17-32)50-48(51-44)35-26-27-37-36-20-7-10-23-40(36)49(42(37)29-35)41-24-11-8-21-38(41)47-46(49)39-22-9-12-25-45(39)52-47/h1-30H/t49-/m1/s1. The van der Waals surface area contributed by atoms with E-state index in [9.17, 15) is 0 Å². The molecule has 2 heterocycles. The molecule has 52 heavy (non-hydrogen) atoms. The normalized spacial score (nSPS) is 15.0. The van der Waals surface area contributed by atoms with Crippen molar-refractivity contribution in [3.8, 4) is 66.6 Å². The Morgan fingerprint density at radius 1 is 0.385 bits per heavy atom. The summed E-state index contributed by atoms with van der Waals surface area (Å²) in [6.45, 7) is 0. The fraction of sp³-hybridized carbons (Fsp3) is 0.0204. The van der Waals surface area contributed by atoms with E-state index in [1.54, 1.807) is 0 Å². The highest BCUT2D eigenvalue weighted by Gasteiger charge is 2.53. The summed E-state index contributed by atoms with van der Waals surface area (Å²) in [5.74, 6) is 0.719. The topological polar surface area (TPSA) is 25.8 Å². The van der Waals surface area contributed by atoms with Crippen LogP contribution < -0.4 is 0 Å². The summed E-state index contributed by atoms with van der Waals surface area (Å²) in [6.07, 6.45) is 0. The number of hydrogen-bond acceptors (Lipinski definition) is 3. The first-order valence-corrected chi connectivity index (χ1v) is 18.6. The SMILES string of the molecule is c1ccc(-c2cccc(-c3cc(-c4ccccc4)nc(-c4ccc5c(c4)[C@@]4(c6ccccc6-5)c5ccccc5-c5sc6ccccc6c54)n3)c2)cc1. The minimum Gasteiger partial charge on any atom is -0.228 e. The van der Waals surface area contributed by atoms with E-state index in [-0.39, 0.29) is 0 Å². The summed E-state index contributed by atoms with van der Waals surface area (Å²) in [7, 11) is 0. The van der Waals surface area contributed by atoms with Crippen molar-refractivity contribution in [3.05, 3.63) is 204 Å². The predicted octanol–water partition coefficient (Wildman–Crippen LogP) is 12.7. The second-order valence-electron chi connectivity index (χ2n) is 13.7. The molecule has 2 aliphatic carbocycles. The first-order valence-electron chi connectivity index (χ1n) is 17.7. The lowest BCUT2D eigenvalue weighted by Crippen LogP contribution is -2.25. The molecule has 0 saturated carbocycles. The van der Waals surface area contributed by atoms with Crippen molar-refractivity contribution in [1.29, 1.82) is 0 Å². The van der Waals surface area contributed by atoms with E-state index < -0.39 is 5.41 Å². The van der Waals surface area contributed by atoms with Gasteiger partial charge in [0.2, 0.25) is 0 Å². The van der Waals surface area contributed by atoms with E-state index in [0.29, 0.717) is 0 Å². The lowest BCUT2D eigenvalue weighted by atomic mass is 9.70. The molecule has 0 fully saturated rings. The fourth-order valence-electron chi connectivity index (χ4n) is 8.70. The number of nitrogens with zero attached hydrogens (tertiary/aromatic N) is 2. The van der Waals surface area contributed by atoms with Gasteiger partial charge in [-0.05, 0) is 79.7 Å². The highest BCUT2D eigenvalue weighted by Crippen LogP contribution is 2.66. The first-order chi connectivity index (χ1) is 25.8. The van der Waals surface area contributed by atoms with E-state index in [0.717, 1.165) is 39.5 Å². The van der Waals surface area contributed by atoms with E-state index in [1.807, 2.05) is 11.3 Å². The third kappa shape index (κ3) is 4.17. The Labute approximate surface area is 306 Å². The van der Waals surface area contributed by atoms with Crippen molar-refractivity contribution in [2.24, 2.45) is 0 Å². The molecule has 0 unspecified atom stereocenters. The number of fused-ring (bicyclic) bond motifs is 12. The van der Waals surface area contributed by atoms with Crippen molar-refractivity contribution in [3.63, 3.8) is 0 Å². The number of aromatic nitrogens is 2. The molecule has 0 aliphatic heterocycles. The van der Waals surface area contributed by atoms with Crippen LogP contribution in [-0.2, 0) is 5.41 Å². The van der Waals surface area contributed by atoms with Gasteiger partial charge in [0.1, 0.15) is 0 Å². The summed E-state index contributed by atoms with van der Waals surface area (Å²) in [5, 5.41) is 1.33. The Hall–Kier alpha value is -6.42. The Morgan fingerprint density at radius 2 is 0.981 bits per heavy atom. The van der Waals surface area contributed by atoms with Crippen LogP contribution in [0.3, 0.4) is 0 Å². The monoisotopic (exact) mass is 678 g/mol. The Balaban J connectivity index is 1.17. The second kappa shape index (κ2) is 11.3. The zero-order valence-electron chi connectivity index (χ0n) is 28.1. The van der Waals surface area contributed by atoms with Crippen molar-refractivity contribution in [2.75, 3.05) is 0 Å². The third-order valence-electron chi connectivity index (χ3n) is 10.9. The van der Waals surface area contributed by atoms with Gasteiger partial charge >= 0.3 is 0 Å². The Bertz CT molecular complexity index is 2850. The van der Waals surface area contributed by atoms with Gasteiger partial charge in [-0.2, -0.15) is 0 Å². The molecule has 1 atom stereocenters. The Morgan fingerprint density at radius 3 is 1.79 bits per heavy atom. The van der Waals surface area contributed by atoms with Crippen molar-refractivity contribution < 1.29 is 0 Å². The van der Waals surface area contributed by atoms with Crippen LogP contribution in [0, 0.1) is 0 Å². The maximum Gasteiger partial charge on any atom is 0.160 e. The van der Waals surface area contributed by atoms with Gasteiger partial charge in [0.05, 0.1) is 16.8 Å². The van der Waals surface area contributed by atoms with Gasteiger partial charge in [0.15, 0.2) is 5.82 Å². The zero-order valence-corrected chi connectivity index (χ0v) is 28.9. The molecule has 0 amide bonds. The molecule has 0 bridgehead atoms. The van der Waals surface area contributed by atoms with E-state index in [4.69, 9.17) is 9.97 Å². The zero-order chi connectivity index (χ0) is 34.2. The van der Waals surface area contributed by atoms with Crippen molar-refractivity contribution in [2.45, 2.75) is 5.41 Å².